The van der Waals surface area contributed by atoms with Crippen molar-refractivity contribution in [2.45, 2.75) is 32.5 Å². The molecule has 0 atom stereocenters. The van der Waals surface area contributed by atoms with E-state index in [1.807, 2.05) is 18.2 Å². The Morgan fingerprint density at radius 1 is 1.23 bits per heavy atom. The molecule has 1 aromatic rings. The van der Waals surface area contributed by atoms with Crippen LogP contribution in [0.5, 0.6) is 0 Å². The van der Waals surface area contributed by atoms with E-state index in [0.717, 1.165) is 25.9 Å². The lowest BCUT2D eigenvalue weighted by Gasteiger charge is -2.59. The van der Waals surface area contributed by atoms with Crippen molar-refractivity contribution in [3.63, 3.8) is 0 Å². The quantitative estimate of drug-likeness (QED) is 0.771. The fourth-order valence-corrected chi connectivity index (χ4v) is 4.37. The molecule has 5 heteroatoms. The van der Waals surface area contributed by atoms with Crippen molar-refractivity contribution in [1.29, 1.82) is 0 Å². The maximum atomic E-state index is 11.5. The topological polar surface area (TPSA) is 46.6 Å². The molecule has 0 unspecified atom stereocenters. The van der Waals surface area contributed by atoms with E-state index in [4.69, 9.17) is 4.74 Å². The van der Waals surface area contributed by atoms with Crippen LogP contribution in [0, 0.1) is 5.41 Å². The van der Waals surface area contributed by atoms with Crippen LogP contribution in [0.3, 0.4) is 0 Å². The molecule has 1 spiro atoms. The average Bonchev–Trinajstić information content (AvgIpc) is 2.44. The molecular formula is C17H25NO3S. The fourth-order valence-electron chi connectivity index (χ4n) is 3.54. The maximum absolute atomic E-state index is 11.5. The van der Waals surface area contributed by atoms with Crippen LogP contribution < -0.4 is 0 Å². The zero-order chi connectivity index (χ0) is 15.6. The lowest BCUT2D eigenvalue weighted by molar-refractivity contribution is -0.153. The number of hydrogen-bond donors (Lipinski definition) is 0. The van der Waals surface area contributed by atoms with Crippen molar-refractivity contribution in [3.8, 4) is 0 Å². The summed E-state index contributed by atoms with van der Waals surface area (Å²) in [6.07, 6.45) is 2.62. The predicted octanol–water partition coefficient (Wildman–Crippen LogP) is 2.10. The minimum absolute atomic E-state index is 0.251. The first-order valence-electron chi connectivity index (χ1n) is 8.09. The smallest absolute Gasteiger partial charge is 0.151 e. The van der Waals surface area contributed by atoms with Gasteiger partial charge in [0.1, 0.15) is 0 Å². The maximum Gasteiger partial charge on any atom is 0.151 e. The van der Waals surface area contributed by atoms with Crippen LogP contribution in [0.15, 0.2) is 30.3 Å². The number of likely N-dealkylation sites (tertiary alicyclic amines) is 1. The number of benzene rings is 1. The van der Waals surface area contributed by atoms with Gasteiger partial charge in [-0.3, -0.25) is 0 Å². The van der Waals surface area contributed by atoms with Crippen molar-refractivity contribution in [2.24, 2.45) is 5.41 Å². The summed E-state index contributed by atoms with van der Waals surface area (Å²) in [5, 5.41) is 0. The molecule has 2 aliphatic rings. The molecule has 22 heavy (non-hydrogen) atoms. The van der Waals surface area contributed by atoms with E-state index < -0.39 is 9.84 Å². The Morgan fingerprint density at radius 3 is 2.55 bits per heavy atom. The fraction of sp³-hybridized carbons (Fsp3) is 0.647. The molecular weight excluding hydrogens is 298 g/mol. The summed E-state index contributed by atoms with van der Waals surface area (Å²) < 4.78 is 29.0. The lowest BCUT2D eigenvalue weighted by Crippen LogP contribution is -2.64. The van der Waals surface area contributed by atoms with Gasteiger partial charge in [-0.25, -0.2) is 8.42 Å². The van der Waals surface area contributed by atoms with Crippen LogP contribution in [-0.2, 0) is 21.2 Å². The van der Waals surface area contributed by atoms with Crippen LogP contribution >= 0.6 is 0 Å². The summed E-state index contributed by atoms with van der Waals surface area (Å²) in [5.41, 5.74) is 1.64. The Bertz CT molecular complexity index is 586. The highest BCUT2D eigenvalue weighted by molar-refractivity contribution is 7.91. The molecule has 1 heterocycles. The van der Waals surface area contributed by atoms with Gasteiger partial charge >= 0.3 is 0 Å². The van der Waals surface area contributed by atoms with Gasteiger partial charge in [0.25, 0.3) is 0 Å². The standard InChI is InChI=1S/C17H25NO3S/c1-2-22(19,20)9-8-18-13-17(14-18)10-16(11-17)21-12-15-6-4-3-5-7-15/h3-7,16H,2,8-14H2,1H3. The summed E-state index contributed by atoms with van der Waals surface area (Å²) in [6, 6.07) is 10.3. The monoisotopic (exact) mass is 323 g/mol. The van der Waals surface area contributed by atoms with Crippen LogP contribution in [0.4, 0.5) is 0 Å². The number of rotatable bonds is 7. The highest BCUT2D eigenvalue weighted by Crippen LogP contribution is 2.49. The van der Waals surface area contributed by atoms with Gasteiger partial charge < -0.3 is 9.64 Å². The minimum atomic E-state index is -2.83. The Labute approximate surface area is 133 Å². The third-order valence-electron chi connectivity index (χ3n) is 4.93. The summed E-state index contributed by atoms with van der Waals surface area (Å²) in [7, 11) is -2.83. The molecule has 1 saturated carbocycles. The molecule has 1 aromatic carbocycles. The summed E-state index contributed by atoms with van der Waals surface area (Å²) in [5.74, 6) is 0.550. The van der Waals surface area contributed by atoms with E-state index in [2.05, 4.69) is 17.0 Å². The van der Waals surface area contributed by atoms with E-state index in [1.54, 1.807) is 6.92 Å². The number of nitrogens with zero attached hydrogens (tertiary/aromatic N) is 1. The van der Waals surface area contributed by atoms with Crippen molar-refractivity contribution in [1.82, 2.24) is 4.90 Å². The molecule has 0 amide bonds. The third kappa shape index (κ3) is 3.70. The van der Waals surface area contributed by atoms with Gasteiger partial charge in [0.15, 0.2) is 9.84 Å². The minimum Gasteiger partial charge on any atom is -0.373 e. The van der Waals surface area contributed by atoms with Gasteiger partial charge in [0.05, 0.1) is 18.5 Å². The molecule has 0 aromatic heterocycles. The molecule has 122 valence electrons. The molecule has 3 rings (SSSR count). The molecule has 1 aliphatic heterocycles. The highest BCUT2D eigenvalue weighted by atomic mass is 32.2. The second-order valence-corrected chi connectivity index (χ2v) is 9.25. The molecule has 0 bridgehead atoms. The van der Waals surface area contributed by atoms with Gasteiger partial charge in [-0.2, -0.15) is 0 Å². The number of sulfone groups is 1. The van der Waals surface area contributed by atoms with E-state index in [0.29, 0.717) is 30.4 Å². The van der Waals surface area contributed by atoms with Crippen molar-refractivity contribution in [3.05, 3.63) is 35.9 Å². The Kier molecular flexibility index (Phi) is 4.57. The van der Waals surface area contributed by atoms with Crippen LogP contribution in [-0.4, -0.2) is 50.6 Å². The average molecular weight is 323 g/mol. The van der Waals surface area contributed by atoms with Crippen LogP contribution in [0.25, 0.3) is 0 Å². The first-order valence-corrected chi connectivity index (χ1v) is 9.91. The molecule has 4 nitrogen and oxygen atoms in total. The molecule has 0 radical (unpaired) electrons. The zero-order valence-corrected chi connectivity index (χ0v) is 14.0. The Morgan fingerprint density at radius 2 is 1.91 bits per heavy atom. The first kappa shape index (κ1) is 16.0. The van der Waals surface area contributed by atoms with E-state index in [1.165, 1.54) is 5.56 Å². The van der Waals surface area contributed by atoms with Crippen LogP contribution in [0.2, 0.25) is 0 Å². The van der Waals surface area contributed by atoms with Crippen molar-refractivity contribution < 1.29 is 13.2 Å². The van der Waals surface area contributed by atoms with Gasteiger partial charge in [0, 0.05) is 30.8 Å². The third-order valence-corrected chi connectivity index (χ3v) is 6.61. The Hall–Kier alpha value is -0.910. The van der Waals surface area contributed by atoms with Gasteiger partial charge in [-0.15, -0.1) is 0 Å². The first-order chi connectivity index (χ1) is 10.5. The predicted molar refractivity (Wildman–Crippen MR) is 87.5 cm³/mol. The normalized spacial score (nSPS) is 21.5. The molecule has 1 saturated heterocycles. The SMILES string of the molecule is CCS(=O)(=O)CCN1CC2(CC(OCc3ccccc3)C2)C1. The summed E-state index contributed by atoms with van der Waals surface area (Å²) in [6.45, 7) is 5.18. The Balaban J connectivity index is 1.33. The van der Waals surface area contributed by atoms with E-state index in [9.17, 15) is 8.42 Å². The summed E-state index contributed by atoms with van der Waals surface area (Å²) >= 11 is 0. The zero-order valence-electron chi connectivity index (χ0n) is 13.2. The largest absolute Gasteiger partial charge is 0.373 e. The second-order valence-electron chi connectivity index (χ2n) is 6.77. The second kappa shape index (κ2) is 6.30. The van der Waals surface area contributed by atoms with Crippen LogP contribution in [0.1, 0.15) is 25.3 Å². The van der Waals surface area contributed by atoms with Crippen molar-refractivity contribution in [2.75, 3.05) is 31.1 Å². The molecule has 1 aliphatic carbocycles. The van der Waals surface area contributed by atoms with Gasteiger partial charge in [-0.1, -0.05) is 37.3 Å². The van der Waals surface area contributed by atoms with Crippen molar-refractivity contribution >= 4 is 9.84 Å². The van der Waals surface area contributed by atoms with E-state index >= 15 is 0 Å². The lowest BCUT2D eigenvalue weighted by atomic mass is 9.62. The van der Waals surface area contributed by atoms with Gasteiger partial charge in [-0.05, 0) is 18.4 Å². The number of ether oxygens (including phenoxy) is 1. The van der Waals surface area contributed by atoms with E-state index in [-0.39, 0.29) is 5.75 Å². The number of hydrogen-bond acceptors (Lipinski definition) is 4. The van der Waals surface area contributed by atoms with Gasteiger partial charge in [0.2, 0.25) is 0 Å². The summed E-state index contributed by atoms with van der Waals surface area (Å²) in [4.78, 5) is 2.26. The highest BCUT2D eigenvalue weighted by Gasteiger charge is 2.52. The molecule has 2 fully saturated rings. The molecule has 0 N–H and O–H groups in total.